The molecule has 1 fully saturated rings. The minimum Gasteiger partial charge on any atom is -0.456 e. The second kappa shape index (κ2) is 8.16. The molecule has 1 N–H and O–H groups in total. The number of carbonyl (C=O) groups excluding carboxylic acids is 1. The molecule has 1 aliphatic heterocycles. The van der Waals surface area contributed by atoms with Gasteiger partial charge in [-0.25, -0.2) is 0 Å². The lowest BCUT2D eigenvalue weighted by Gasteiger charge is -2.12. The number of nitrogens with zero attached hydrogens (tertiary/aromatic N) is 1. The smallest absolute Gasteiger partial charge is 0.271 e. The Morgan fingerprint density at radius 2 is 2.19 bits per heavy atom. The minimum atomic E-state index is -0.533. The van der Waals surface area contributed by atoms with Gasteiger partial charge in [0.1, 0.15) is 11.5 Å². The summed E-state index contributed by atoms with van der Waals surface area (Å²) in [5.41, 5.74) is 0.322. The number of non-ortho nitro benzene ring substituents is 1. The van der Waals surface area contributed by atoms with Gasteiger partial charge in [0.15, 0.2) is 0 Å². The monoisotopic (exact) mass is 376 g/mol. The maximum atomic E-state index is 12.3. The molecule has 0 spiro atoms. The minimum absolute atomic E-state index is 0.0669. The third kappa shape index (κ3) is 4.50. The van der Waals surface area contributed by atoms with Crippen LogP contribution < -0.4 is 10.1 Å². The van der Waals surface area contributed by atoms with Crippen molar-refractivity contribution in [3.63, 3.8) is 0 Å². The van der Waals surface area contributed by atoms with E-state index in [2.05, 4.69) is 5.32 Å². The van der Waals surface area contributed by atoms with Crippen molar-refractivity contribution in [3.8, 4) is 11.5 Å². The first-order valence-corrected chi connectivity index (χ1v) is 8.52. The summed E-state index contributed by atoms with van der Waals surface area (Å²) < 4.78 is 11.1. The first-order valence-electron chi connectivity index (χ1n) is 8.14. The van der Waals surface area contributed by atoms with Crippen molar-refractivity contribution >= 4 is 23.2 Å². The molecule has 0 radical (unpaired) electrons. The highest BCUT2D eigenvalue weighted by molar-refractivity contribution is 6.32. The average molecular weight is 377 g/mol. The van der Waals surface area contributed by atoms with Crippen LogP contribution in [0.2, 0.25) is 5.02 Å². The molecular formula is C18H17ClN2O5. The Kier molecular flexibility index (Phi) is 5.70. The first-order chi connectivity index (χ1) is 12.5. The largest absolute Gasteiger partial charge is 0.456 e. The van der Waals surface area contributed by atoms with Crippen LogP contribution in [0.25, 0.3) is 0 Å². The normalized spacial score (nSPS) is 16.3. The number of hydrogen-bond donors (Lipinski definition) is 1. The van der Waals surface area contributed by atoms with Gasteiger partial charge < -0.3 is 14.8 Å². The Morgan fingerprint density at radius 3 is 2.88 bits per heavy atom. The van der Waals surface area contributed by atoms with E-state index in [1.54, 1.807) is 24.3 Å². The van der Waals surface area contributed by atoms with Crippen molar-refractivity contribution in [2.45, 2.75) is 18.9 Å². The molecule has 7 nitrogen and oxygen atoms in total. The number of rotatable bonds is 6. The van der Waals surface area contributed by atoms with Gasteiger partial charge >= 0.3 is 0 Å². The fraction of sp³-hybridized carbons (Fsp3) is 0.278. The van der Waals surface area contributed by atoms with E-state index in [0.29, 0.717) is 17.9 Å². The van der Waals surface area contributed by atoms with Crippen LogP contribution >= 0.6 is 11.6 Å². The second-order valence-corrected chi connectivity index (χ2v) is 6.25. The number of carbonyl (C=O) groups is 1. The Morgan fingerprint density at radius 1 is 1.35 bits per heavy atom. The predicted octanol–water partition coefficient (Wildman–Crippen LogP) is 3.95. The fourth-order valence-electron chi connectivity index (χ4n) is 2.63. The SMILES string of the molecule is O=C(NC[C@@H]1CCCO1)c1cccc(Oc2ccc([N+](=O)[O-])cc2Cl)c1. The quantitative estimate of drug-likeness (QED) is 0.609. The summed E-state index contributed by atoms with van der Waals surface area (Å²) in [6.07, 6.45) is 2.03. The van der Waals surface area contributed by atoms with Gasteiger partial charge in [-0.3, -0.25) is 14.9 Å². The van der Waals surface area contributed by atoms with Gasteiger partial charge in [0.2, 0.25) is 0 Å². The van der Waals surface area contributed by atoms with Crippen molar-refractivity contribution in [1.82, 2.24) is 5.32 Å². The number of hydrogen-bond acceptors (Lipinski definition) is 5. The van der Waals surface area contributed by atoms with Crippen LogP contribution in [0.3, 0.4) is 0 Å². The van der Waals surface area contributed by atoms with Crippen LogP contribution in [-0.4, -0.2) is 30.1 Å². The molecule has 1 aliphatic rings. The van der Waals surface area contributed by atoms with Gasteiger partial charge in [-0.2, -0.15) is 0 Å². The highest BCUT2D eigenvalue weighted by Gasteiger charge is 2.17. The van der Waals surface area contributed by atoms with Crippen molar-refractivity contribution < 1.29 is 19.2 Å². The number of ether oxygens (including phenoxy) is 2. The molecule has 0 bridgehead atoms. The molecule has 0 saturated carbocycles. The van der Waals surface area contributed by atoms with Crippen LogP contribution in [0, 0.1) is 10.1 Å². The van der Waals surface area contributed by atoms with E-state index in [1.165, 1.54) is 18.2 Å². The first kappa shape index (κ1) is 18.2. The third-order valence-corrected chi connectivity index (χ3v) is 4.26. The van der Waals surface area contributed by atoms with E-state index in [0.717, 1.165) is 19.4 Å². The zero-order valence-corrected chi connectivity index (χ0v) is 14.6. The molecule has 1 saturated heterocycles. The number of nitro groups is 1. The topological polar surface area (TPSA) is 90.7 Å². The van der Waals surface area contributed by atoms with Crippen LogP contribution in [0.4, 0.5) is 5.69 Å². The Balaban J connectivity index is 1.67. The van der Waals surface area contributed by atoms with Crippen molar-refractivity contribution in [3.05, 3.63) is 63.2 Å². The molecule has 1 heterocycles. The third-order valence-electron chi connectivity index (χ3n) is 3.96. The number of amides is 1. The molecule has 8 heteroatoms. The van der Waals surface area contributed by atoms with Crippen molar-refractivity contribution in [1.29, 1.82) is 0 Å². The molecule has 26 heavy (non-hydrogen) atoms. The Bertz CT molecular complexity index is 821. The lowest BCUT2D eigenvalue weighted by molar-refractivity contribution is -0.384. The zero-order valence-electron chi connectivity index (χ0n) is 13.8. The summed E-state index contributed by atoms with van der Waals surface area (Å²) in [6.45, 7) is 1.21. The molecule has 3 rings (SSSR count). The molecule has 1 amide bonds. The second-order valence-electron chi connectivity index (χ2n) is 5.85. The number of halogens is 1. The summed E-state index contributed by atoms with van der Waals surface area (Å²) in [7, 11) is 0. The van der Waals surface area contributed by atoms with Crippen LogP contribution in [-0.2, 0) is 4.74 Å². The Labute approximate surface area is 155 Å². The molecule has 0 unspecified atom stereocenters. The Hall–Kier alpha value is -2.64. The van der Waals surface area contributed by atoms with Crippen LogP contribution in [0.1, 0.15) is 23.2 Å². The van der Waals surface area contributed by atoms with E-state index in [-0.39, 0.29) is 28.5 Å². The zero-order chi connectivity index (χ0) is 18.5. The predicted molar refractivity (Wildman–Crippen MR) is 95.9 cm³/mol. The number of nitrogens with one attached hydrogen (secondary N) is 1. The maximum absolute atomic E-state index is 12.3. The van der Waals surface area contributed by atoms with Crippen molar-refractivity contribution in [2.24, 2.45) is 0 Å². The van der Waals surface area contributed by atoms with E-state index in [1.807, 2.05) is 0 Å². The van der Waals surface area contributed by atoms with E-state index in [9.17, 15) is 14.9 Å². The standard InChI is InChI=1S/C18H17ClN2O5/c19-16-10-13(21(23)24)6-7-17(16)26-14-4-1-3-12(9-14)18(22)20-11-15-5-2-8-25-15/h1,3-4,6-7,9-10,15H,2,5,8,11H2,(H,20,22)/t15-/m0/s1. The van der Waals surface area contributed by atoms with Gasteiger partial charge in [0.25, 0.3) is 11.6 Å². The van der Waals surface area contributed by atoms with Gasteiger partial charge in [-0.05, 0) is 37.1 Å². The molecule has 1 atom stereocenters. The summed E-state index contributed by atoms with van der Waals surface area (Å²) in [6, 6.07) is 10.6. The van der Waals surface area contributed by atoms with Crippen LogP contribution in [0.15, 0.2) is 42.5 Å². The summed E-state index contributed by atoms with van der Waals surface area (Å²) in [4.78, 5) is 22.5. The van der Waals surface area contributed by atoms with E-state index in [4.69, 9.17) is 21.1 Å². The molecule has 2 aromatic rings. The highest BCUT2D eigenvalue weighted by atomic mass is 35.5. The average Bonchev–Trinajstić information content (AvgIpc) is 3.15. The van der Waals surface area contributed by atoms with Crippen LogP contribution in [0.5, 0.6) is 11.5 Å². The fourth-order valence-corrected chi connectivity index (χ4v) is 2.84. The lowest BCUT2D eigenvalue weighted by atomic mass is 10.2. The number of benzene rings is 2. The summed E-state index contributed by atoms with van der Waals surface area (Å²) in [5.74, 6) is 0.459. The van der Waals surface area contributed by atoms with Crippen molar-refractivity contribution in [2.75, 3.05) is 13.2 Å². The molecular weight excluding hydrogens is 360 g/mol. The van der Waals surface area contributed by atoms with E-state index < -0.39 is 4.92 Å². The number of nitro benzene ring substituents is 1. The molecule has 0 aliphatic carbocycles. The van der Waals surface area contributed by atoms with Gasteiger partial charge in [0.05, 0.1) is 16.0 Å². The van der Waals surface area contributed by atoms with E-state index >= 15 is 0 Å². The highest BCUT2D eigenvalue weighted by Crippen LogP contribution is 2.32. The maximum Gasteiger partial charge on any atom is 0.271 e. The molecule has 2 aromatic carbocycles. The van der Waals surface area contributed by atoms with Gasteiger partial charge in [-0.1, -0.05) is 17.7 Å². The molecule has 0 aromatic heterocycles. The summed E-state index contributed by atoms with van der Waals surface area (Å²) in [5, 5.41) is 13.7. The lowest BCUT2D eigenvalue weighted by Crippen LogP contribution is -2.31. The van der Waals surface area contributed by atoms with Gasteiger partial charge in [-0.15, -0.1) is 0 Å². The molecule has 136 valence electrons. The summed E-state index contributed by atoms with van der Waals surface area (Å²) >= 11 is 6.03. The van der Waals surface area contributed by atoms with Gasteiger partial charge in [0, 0.05) is 30.8 Å².